The Kier molecular flexibility index (Phi) is 4.28. The van der Waals surface area contributed by atoms with Gasteiger partial charge in [-0.1, -0.05) is 19.4 Å². The van der Waals surface area contributed by atoms with E-state index in [1.807, 2.05) is 0 Å². The molecule has 100 valence electrons. The molecule has 2 aromatic rings. The molecule has 0 spiro atoms. The van der Waals surface area contributed by atoms with Crippen molar-refractivity contribution < 1.29 is 4.39 Å². The largest absolute Gasteiger partial charge is 0.326 e. The standard InChI is InChI=1S/C14H16FN3O/c1-2-3-6-12-9-13(19)18-14(17-12)16-11-7-4-5-10(15)8-11/h4-5,7-9H,2-3,6H2,1H3,(H2,16,17,18,19). The number of unbranched alkanes of at least 4 members (excludes halogenated alkanes) is 1. The van der Waals surface area contributed by atoms with Gasteiger partial charge in [-0.05, 0) is 31.0 Å². The summed E-state index contributed by atoms with van der Waals surface area (Å²) in [7, 11) is 0. The minimum absolute atomic E-state index is 0.208. The molecule has 2 N–H and O–H groups in total. The van der Waals surface area contributed by atoms with Gasteiger partial charge in [0.15, 0.2) is 0 Å². The summed E-state index contributed by atoms with van der Waals surface area (Å²) >= 11 is 0. The zero-order valence-electron chi connectivity index (χ0n) is 10.7. The number of rotatable bonds is 5. The second-order valence-electron chi connectivity index (χ2n) is 4.32. The molecule has 0 amide bonds. The molecule has 19 heavy (non-hydrogen) atoms. The third-order valence-electron chi connectivity index (χ3n) is 2.67. The zero-order valence-corrected chi connectivity index (χ0v) is 10.7. The average Bonchev–Trinajstić information content (AvgIpc) is 2.35. The molecule has 0 fully saturated rings. The Balaban J connectivity index is 2.20. The summed E-state index contributed by atoms with van der Waals surface area (Å²) in [6.45, 7) is 2.08. The zero-order chi connectivity index (χ0) is 13.7. The van der Waals surface area contributed by atoms with Crippen LogP contribution < -0.4 is 10.9 Å². The van der Waals surface area contributed by atoms with Crippen molar-refractivity contribution in [3.63, 3.8) is 0 Å². The molecular weight excluding hydrogens is 245 g/mol. The topological polar surface area (TPSA) is 57.8 Å². The fourth-order valence-corrected chi connectivity index (χ4v) is 1.76. The number of halogens is 1. The molecule has 0 aliphatic rings. The molecule has 2 rings (SSSR count). The predicted octanol–water partition coefficient (Wildman–Crippen LogP) is 3.00. The highest BCUT2D eigenvalue weighted by Gasteiger charge is 2.02. The van der Waals surface area contributed by atoms with Crippen LogP contribution in [0.3, 0.4) is 0 Å². The van der Waals surface area contributed by atoms with E-state index in [9.17, 15) is 9.18 Å². The van der Waals surface area contributed by atoms with Crippen molar-refractivity contribution in [1.29, 1.82) is 0 Å². The van der Waals surface area contributed by atoms with Crippen LogP contribution in [0.15, 0.2) is 35.1 Å². The summed E-state index contributed by atoms with van der Waals surface area (Å²) in [6.07, 6.45) is 2.79. The van der Waals surface area contributed by atoms with E-state index in [1.165, 1.54) is 18.2 Å². The maximum Gasteiger partial charge on any atom is 0.252 e. The van der Waals surface area contributed by atoms with Crippen molar-refractivity contribution in [1.82, 2.24) is 9.97 Å². The molecular formula is C14H16FN3O. The number of aromatic nitrogens is 2. The van der Waals surface area contributed by atoms with E-state index in [-0.39, 0.29) is 11.4 Å². The predicted molar refractivity (Wildman–Crippen MR) is 73.2 cm³/mol. The van der Waals surface area contributed by atoms with E-state index in [4.69, 9.17) is 0 Å². The Labute approximate surface area is 110 Å². The summed E-state index contributed by atoms with van der Waals surface area (Å²) in [5.74, 6) is -0.00122. The van der Waals surface area contributed by atoms with Crippen LogP contribution in [0.4, 0.5) is 16.0 Å². The van der Waals surface area contributed by atoms with Crippen LogP contribution in [-0.2, 0) is 6.42 Å². The molecule has 0 radical (unpaired) electrons. The van der Waals surface area contributed by atoms with Gasteiger partial charge in [0, 0.05) is 17.4 Å². The van der Waals surface area contributed by atoms with Gasteiger partial charge in [-0.25, -0.2) is 9.37 Å². The van der Waals surface area contributed by atoms with Crippen LogP contribution >= 0.6 is 0 Å². The first-order chi connectivity index (χ1) is 9.17. The van der Waals surface area contributed by atoms with Crippen molar-refractivity contribution in [3.05, 3.63) is 52.2 Å². The van der Waals surface area contributed by atoms with Crippen LogP contribution in [0.2, 0.25) is 0 Å². The molecule has 0 saturated carbocycles. The van der Waals surface area contributed by atoms with Crippen LogP contribution in [0.25, 0.3) is 0 Å². The van der Waals surface area contributed by atoms with Crippen LogP contribution in [0, 0.1) is 5.82 Å². The normalized spacial score (nSPS) is 10.4. The number of hydrogen-bond donors (Lipinski definition) is 2. The van der Waals surface area contributed by atoms with Gasteiger partial charge in [-0.2, -0.15) is 0 Å². The van der Waals surface area contributed by atoms with Gasteiger partial charge < -0.3 is 5.32 Å². The Morgan fingerprint density at radius 3 is 2.95 bits per heavy atom. The first-order valence-electron chi connectivity index (χ1n) is 6.30. The summed E-state index contributed by atoms with van der Waals surface area (Å²) < 4.78 is 13.1. The smallest absolute Gasteiger partial charge is 0.252 e. The van der Waals surface area contributed by atoms with Crippen molar-refractivity contribution >= 4 is 11.6 Å². The van der Waals surface area contributed by atoms with Crippen molar-refractivity contribution in [3.8, 4) is 0 Å². The highest BCUT2D eigenvalue weighted by molar-refractivity contribution is 5.52. The SMILES string of the molecule is CCCCc1cc(=O)[nH]c(Nc2cccc(F)c2)n1. The van der Waals surface area contributed by atoms with Crippen LogP contribution in [-0.4, -0.2) is 9.97 Å². The lowest BCUT2D eigenvalue weighted by Crippen LogP contribution is -2.12. The number of H-pyrrole nitrogens is 1. The van der Waals surface area contributed by atoms with E-state index in [1.54, 1.807) is 12.1 Å². The summed E-state index contributed by atoms with van der Waals surface area (Å²) in [5.41, 5.74) is 1.08. The number of nitrogens with one attached hydrogen (secondary N) is 2. The van der Waals surface area contributed by atoms with E-state index in [2.05, 4.69) is 22.2 Å². The summed E-state index contributed by atoms with van der Waals surface area (Å²) in [6, 6.07) is 7.50. The molecule has 5 heteroatoms. The molecule has 0 aliphatic heterocycles. The van der Waals surface area contributed by atoms with Gasteiger partial charge >= 0.3 is 0 Å². The maximum atomic E-state index is 13.1. The molecule has 1 aromatic heterocycles. The van der Waals surface area contributed by atoms with Crippen molar-refractivity contribution in [2.24, 2.45) is 0 Å². The first-order valence-corrected chi connectivity index (χ1v) is 6.30. The summed E-state index contributed by atoms with van der Waals surface area (Å²) in [5, 5.41) is 2.90. The lowest BCUT2D eigenvalue weighted by molar-refractivity contribution is 0.628. The Hall–Kier alpha value is -2.17. The van der Waals surface area contributed by atoms with Gasteiger partial charge in [-0.15, -0.1) is 0 Å². The number of hydrogen-bond acceptors (Lipinski definition) is 3. The lowest BCUT2D eigenvalue weighted by Gasteiger charge is -2.07. The summed E-state index contributed by atoms with van der Waals surface area (Å²) in [4.78, 5) is 18.4. The Bertz CT molecular complexity index is 610. The van der Waals surface area contributed by atoms with Crippen LogP contribution in [0.1, 0.15) is 25.5 Å². The third kappa shape index (κ3) is 3.91. The minimum Gasteiger partial charge on any atom is -0.326 e. The molecule has 0 atom stereocenters. The fourth-order valence-electron chi connectivity index (χ4n) is 1.76. The van der Waals surface area contributed by atoms with Gasteiger partial charge in [0.1, 0.15) is 5.82 Å². The molecule has 0 aliphatic carbocycles. The van der Waals surface area contributed by atoms with Gasteiger partial charge in [0.05, 0.1) is 0 Å². The fraction of sp³-hybridized carbons (Fsp3) is 0.286. The van der Waals surface area contributed by atoms with E-state index >= 15 is 0 Å². The van der Waals surface area contributed by atoms with Crippen LogP contribution in [0.5, 0.6) is 0 Å². The number of aromatic amines is 1. The minimum atomic E-state index is -0.338. The highest BCUT2D eigenvalue weighted by atomic mass is 19.1. The molecule has 1 heterocycles. The molecule has 0 saturated heterocycles. The molecule has 0 bridgehead atoms. The van der Waals surface area contributed by atoms with E-state index in [0.717, 1.165) is 25.0 Å². The quantitative estimate of drug-likeness (QED) is 0.869. The second kappa shape index (κ2) is 6.13. The number of benzene rings is 1. The first kappa shape index (κ1) is 13.3. The molecule has 4 nitrogen and oxygen atoms in total. The Morgan fingerprint density at radius 1 is 1.37 bits per heavy atom. The van der Waals surface area contributed by atoms with E-state index in [0.29, 0.717) is 11.6 Å². The molecule has 1 aromatic carbocycles. The van der Waals surface area contributed by atoms with E-state index < -0.39 is 0 Å². The maximum absolute atomic E-state index is 13.1. The lowest BCUT2D eigenvalue weighted by atomic mass is 10.2. The number of aryl methyl sites for hydroxylation is 1. The number of anilines is 2. The monoisotopic (exact) mass is 261 g/mol. The second-order valence-corrected chi connectivity index (χ2v) is 4.32. The number of nitrogens with zero attached hydrogens (tertiary/aromatic N) is 1. The Morgan fingerprint density at radius 2 is 2.21 bits per heavy atom. The third-order valence-corrected chi connectivity index (χ3v) is 2.67. The van der Waals surface area contributed by atoms with Gasteiger partial charge in [-0.3, -0.25) is 9.78 Å². The van der Waals surface area contributed by atoms with Gasteiger partial charge in [0.2, 0.25) is 5.95 Å². The molecule has 0 unspecified atom stereocenters. The average molecular weight is 261 g/mol. The highest BCUT2D eigenvalue weighted by Crippen LogP contribution is 2.13. The van der Waals surface area contributed by atoms with Gasteiger partial charge in [0.25, 0.3) is 5.56 Å². The van der Waals surface area contributed by atoms with Crippen molar-refractivity contribution in [2.75, 3.05) is 5.32 Å². The van der Waals surface area contributed by atoms with Crippen molar-refractivity contribution in [2.45, 2.75) is 26.2 Å².